The molecule has 1 heterocycles. The van der Waals surface area contributed by atoms with Gasteiger partial charge in [0.2, 0.25) is 0 Å². The standard InChI is InChI=1S/C16H15BrFN3/c1-10-2-5-12(6-3-10)21-15(9-20-16(21)19)13-7-4-11(17)8-14(13)18/h2-8,15H,9H2,1H3,(H2,19,20). The molecule has 1 aliphatic heterocycles. The number of aliphatic imine (C=N–C) groups is 1. The van der Waals surface area contributed by atoms with Crippen LogP contribution < -0.4 is 10.6 Å². The predicted octanol–water partition coefficient (Wildman–Crippen LogP) is 3.77. The normalized spacial score (nSPS) is 18.0. The van der Waals surface area contributed by atoms with E-state index in [9.17, 15) is 4.39 Å². The largest absolute Gasteiger partial charge is 0.369 e. The van der Waals surface area contributed by atoms with Crippen molar-refractivity contribution >= 4 is 27.6 Å². The molecule has 0 saturated carbocycles. The SMILES string of the molecule is Cc1ccc(N2C(N)=NCC2c2ccc(Br)cc2F)cc1. The number of aryl methyl sites for hydroxylation is 1. The second kappa shape index (κ2) is 5.48. The van der Waals surface area contributed by atoms with Crippen LogP contribution in [0.3, 0.4) is 0 Å². The molecule has 1 unspecified atom stereocenters. The molecule has 1 atom stereocenters. The second-order valence-corrected chi connectivity index (χ2v) is 6.00. The summed E-state index contributed by atoms with van der Waals surface area (Å²) in [7, 11) is 0. The Balaban J connectivity index is 2.00. The maximum absolute atomic E-state index is 14.2. The third kappa shape index (κ3) is 2.65. The van der Waals surface area contributed by atoms with Gasteiger partial charge in [0.1, 0.15) is 5.82 Å². The van der Waals surface area contributed by atoms with Crippen LogP contribution in [0, 0.1) is 12.7 Å². The Kier molecular flexibility index (Phi) is 3.68. The lowest BCUT2D eigenvalue weighted by molar-refractivity contribution is 0.588. The number of rotatable bonds is 2. The van der Waals surface area contributed by atoms with Crippen LogP contribution in [0.2, 0.25) is 0 Å². The maximum Gasteiger partial charge on any atom is 0.196 e. The minimum Gasteiger partial charge on any atom is -0.369 e. The Morgan fingerprint density at radius 2 is 1.95 bits per heavy atom. The predicted molar refractivity (Wildman–Crippen MR) is 87.0 cm³/mol. The Morgan fingerprint density at radius 1 is 1.24 bits per heavy atom. The van der Waals surface area contributed by atoms with Gasteiger partial charge in [0.15, 0.2) is 5.96 Å². The minimum atomic E-state index is -0.253. The molecule has 0 fully saturated rings. The van der Waals surface area contributed by atoms with Crippen LogP contribution in [0.4, 0.5) is 10.1 Å². The highest BCUT2D eigenvalue weighted by molar-refractivity contribution is 9.10. The molecule has 2 N–H and O–H groups in total. The van der Waals surface area contributed by atoms with E-state index in [1.807, 2.05) is 42.2 Å². The molecule has 0 aromatic heterocycles. The van der Waals surface area contributed by atoms with Gasteiger partial charge in [-0.1, -0.05) is 39.7 Å². The average molecular weight is 348 g/mol. The molecule has 0 bridgehead atoms. The van der Waals surface area contributed by atoms with Gasteiger partial charge in [0.05, 0.1) is 12.6 Å². The maximum atomic E-state index is 14.2. The van der Waals surface area contributed by atoms with Crippen molar-refractivity contribution in [2.75, 3.05) is 11.4 Å². The van der Waals surface area contributed by atoms with Gasteiger partial charge in [-0.2, -0.15) is 0 Å². The van der Waals surface area contributed by atoms with Crippen LogP contribution in [0.5, 0.6) is 0 Å². The zero-order chi connectivity index (χ0) is 15.0. The molecule has 0 amide bonds. The van der Waals surface area contributed by atoms with E-state index < -0.39 is 0 Å². The monoisotopic (exact) mass is 347 g/mol. The summed E-state index contributed by atoms with van der Waals surface area (Å²) in [5, 5.41) is 0. The van der Waals surface area contributed by atoms with Crippen molar-refractivity contribution < 1.29 is 4.39 Å². The van der Waals surface area contributed by atoms with E-state index in [-0.39, 0.29) is 11.9 Å². The van der Waals surface area contributed by atoms with E-state index >= 15 is 0 Å². The molecule has 1 aliphatic rings. The molecule has 3 nitrogen and oxygen atoms in total. The zero-order valence-corrected chi connectivity index (χ0v) is 13.1. The second-order valence-electron chi connectivity index (χ2n) is 5.09. The van der Waals surface area contributed by atoms with Gasteiger partial charge in [0.25, 0.3) is 0 Å². The summed E-state index contributed by atoms with van der Waals surface area (Å²) >= 11 is 3.28. The third-order valence-corrected chi connectivity index (χ3v) is 4.11. The van der Waals surface area contributed by atoms with E-state index in [1.165, 1.54) is 11.6 Å². The van der Waals surface area contributed by atoms with Crippen molar-refractivity contribution in [1.82, 2.24) is 0 Å². The summed E-state index contributed by atoms with van der Waals surface area (Å²) in [5.74, 6) is 0.169. The highest BCUT2D eigenvalue weighted by Gasteiger charge is 2.30. The number of halogens is 2. The fraction of sp³-hybridized carbons (Fsp3) is 0.188. The number of nitrogens with zero attached hydrogens (tertiary/aromatic N) is 2. The molecule has 5 heteroatoms. The third-order valence-electron chi connectivity index (χ3n) is 3.62. The summed E-state index contributed by atoms with van der Waals surface area (Å²) in [5.41, 5.74) is 8.69. The van der Waals surface area contributed by atoms with E-state index in [0.717, 1.165) is 10.2 Å². The fourth-order valence-corrected chi connectivity index (χ4v) is 2.86. The van der Waals surface area contributed by atoms with E-state index in [0.29, 0.717) is 18.1 Å². The van der Waals surface area contributed by atoms with E-state index in [4.69, 9.17) is 5.73 Å². The summed E-state index contributed by atoms with van der Waals surface area (Å²) in [4.78, 5) is 6.16. The smallest absolute Gasteiger partial charge is 0.196 e. The molecule has 0 saturated heterocycles. The van der Waals surface area contributed by atoms with Gasteiger partial charge in [0, 0.05) is 15.7 Å². The molecular formula is C16H15BrFN3. The Labute approximate surface area is 131 Å². The molecular weight excluding hydrogens is 333 g/mol. The molecule has 2 aromatic carbocycles. The number of anilines is 1. The summed E-state index contributed by atoms with van der Waals surface area (Å²) in [6.07, 6.45) is 0. The number of hydrogen-bond donors (Lipinski definition) is 1. The first-order valence-electron chi connectivity index (χ1n) is 6.67. The highest BCUT2D eigenvalue weighted by atomic mass is 79.9. The van der Waals surface area contributed by atoms with Crippen molar-refractivity contribution in [2.45, 2.75) is 13.0 Å². The van der Waals surface area contributed by atoms with E-state index in [1.54, 1.807) is 6.07 Å². The summed E-state index contributed by atoms with van der Waals surface area (Å²) < 4.78 is 15.0. The number of nitrogens with two attached hydrogens (primary N) is 1. The van der Waals surface area contributed by atoms with Crippen LogP contribution in [-0.4, -0.2) is 12.5 Å². The number of guanidine groups is 1. The lowest BCUT2D eigenvalue weighted by atomic mass is 10.0. The molecule has 0 spiro atoms. The summed E-state index contributed by atoms with van der Waals surface area (Å²) in [6.45, 7) is 2.48. The molecule has 21 heavy (non-hydrogen) atoms. The Morgan fingerprint density at radius 3 is 2.62 bits per heavy atom. The van der Waals surface area contributed by atoms with Crippen molar-refractivity contribution in [2.24, 2.45) is 10.7 Å². The first-order valence-corrected chi connectivity index (χ1v) is 7.46. The van der Waals surface area contributed by atoms with Gasteiger partial charge in [-0.3, -0.25) is 4.99 Å². The minimum absolute atomic E-state index is 0.208. The zero-order valence-electron chi connectivity index (χ0n) is 11.6. The average Bonchev–Trinajstić information content (AvgIpc) is 2.82. The van der Waals surface area contributed by atoms with Gasteiger partial charge in [-0.15, -0.1) is 0 Å². The van der Waals surface area contributed by atoms with Crippen molar-refractivity contribution in [3.63, 3.8) is 0 Å². The van der Waals surface area contributed by atoms with Crippen LogP contribution in [0.1, 0.15) is 17.2 Å². The highest BCUT2D eigenvalue weighted by Crippen LogP contribution is 2.33. The summed E-state index contributed by atoms with van der Waals surface area (Å²) in [6, 6.07) is 12.9. The van der Waals surface area contributed by atoms with Crippen LogP contribution in [0.25, 0.3) is 0 Å². The Bertz CT molecular complexity index is 697. The number of hydrogen-bond acceptors (Lipinski definition) is 3. The molecule has 0 aliphatic carbocycles. The van der Waals surface area contributed by atoms with Gasteiger partial charge in [-0.25, -0.2) is 4.39 Å². The Hall–Kier alpha value is -1.88. The van der Waals surface area contributed by atoms with Crippen LogP contribution in [-0.2, 0) is 0 Å². The van der Waals surface area contributed by atoms with Crippen molar-refractivity contribution in [3.8, 4) is 0 Å². The van der Waals surface area contributed by atoms with E-state index in [2.05, 4.69) is 20.9 Å². The van der Waals surface area contributed by atoms with Gasteiger partial charge in [-0.05, 0) is 31.2 Å². The lowest BCUT2D eigenvalue weighted by Crippen LogP contribution is -2.36. The van der Waals surface area contributed by atoms with Crippen LogP contribution >= 0.6 is 15.9 Å². The molecule has 0 radical (unpaired) electrons. The van der Waals surface area contributed by atoms with Gasteiger partial charge < -0.3 is 10.6 Å². The molecule has 2 aromatic rings. The quantitative estimate of drug-likeness (QED) is 0.898. The first kappa shape index (κ1) is 14.1. The van der Waals surface area contributed by atoms with Gasteiger partial charge >= 0.3 is 0 Å². The molecule has 3 rings (SSSR count). The first-order chi connectivity index (χ1) is 10.1. The molecule has 108 valence electrons. The lowest BCUT2D eigenvalue weighted by Gasteiger charge is -2.27. The fourth-order valence-electron chi connectivity index (χ4n) is 2.52. The van der Waals surface area contributed by atoms with Crippen molar-refractivity contribution in [1.29, 1.82) is 0 Å². The topological polar surface area (TPSA) is 41.6 Å². The van der Waals surface area contributed by atoms with Crippen LogP contribution in [0.15, 0.2) is 51.9 Å². The van der Waals surface area contributed by atoms with Crippen molar-refractivity contribution in [3.05, 3.63) is 63.9 Å². The number of benzene rings is 2.